The van der Waals surface area contributed by atoms with Gasteiger partial charge in [-0.15, -0.1) is 0 Å². The van der Waals surface area contributed by atoms with E-state index in [2.05, 4.69) is 10.3 Å². The second kappa shape index (κ2) is 4.57. The van der Waals surface area contributed by atoms with Gasteiger partial charge >= 0.3 is 0 Å². The van der Waals surface area contributed by atoms with Gasteiger partial charge in [-0.3, -0.25) is 9.78 Å². The molecule has 16 heavy (non-hydrogen) atoms. The van der Waals surface area contributed by atoms with Gasteiger partial charge in [-0.1, -0.05) is 24.3 Å². The molecule has 0 unspecified atom stereocenters. The van der Waals surface area contributed by atoms with Gasteiger partial charge < -0.3 is 5.32 Å². The molecule has 0 aliphatic rings. The van der Waals surface area contributed by atoms with Crippen molar-refractivity contribution in [2.45, 2.75) is 6.92 Å². The molecule has 2 aromatic rings. The number of carbonyl (C=O) groups is 1. The lowest BCUT2D eigenvalue weighted by Crippen LogP contribution is -2.08. The summed E-state index contributed by atoms with van der Waals surface area (Å²) in [5.74, 6) is -0.138. The maximum Gasteiger partial charge on any atom is 0.248 e. The third-order valence-corrected chi connectivity index (χ3v) is 2.21. The Bertz CT molecular complexity index is 541. The fourth-order valence-electron chi connectivity index (χ4n) is 1.53. The third kappa shape index (κ3) is 2.08. The van der Waals surface area contributed by atoms with E-state index >= 15 is 0 Å². The zero-order chi connectivity index (χ0) is 11.4. The van der Waals surface area contributed by atoms with Crippen molar-refractivity contribution in [2.75, 3.05) is 5.32 Å². The van der Waals surface area contributed by atoms with E-state index in [0.29, 0.717) is 0 Å². The van der Waals surface area contributed by atoms with Crippen molar-refractivity contribution in [3.05, 3.63) is 48.7 Å². The Kier molecular flexibility index (Phi) is 2.96. The minimum atomic E-state index is -0.138. The number of allylic oxidation sites excluding steroid dienone is 1. The fourth-order valence-corrected chi connectivity index (χ4v) is 1.53. The average Bonchev–Trinajstić information content (AvgIpc) is 2.30. The molecule has 3 nitrogen and oxygen atoms in total. The highest BCUT2D eigenvalue weighted by Crippen LogP contribution is 2.20. The number of nitrogens with zero attached hydrogens (tertiary/aromatic N) is 1. The topological polar surface area (TPSA) is 42.0 Å². The van der Waals surface area contributed by atoms with Gasteiger partial charge in [-0.2, -0.15) is 0 Å². The molecule has 0 aliphatic heterocycles. The standard InChI is InChI=1S/C13H12N2O/c1-2-5-12(16)15-11-8-3-6-10-7-4-9-14-13(10)11/h2-9H,1H3,(H,15,16)/b5-2-. The van der Waals surface area contributed by atoms with Crippen molar-refractivity contribution >= 4 is 22.5 Å². The second-order valence-corrected chi connectivity index (χ2v) is 3.37. The Morgan fingerprint density at radius 1 is 1.31 bits per heavy atom. The smallest absolute Gasteiger partial charge is 0.248 e. The van der Waals surface area contributed by atoms with Crippen LogP contribution in [0.4, 0.5) is 5.69 Å². The minimum Gasteiger partial charge on any atom is -0.321 e. The molecule has 80 valence electrons. The summed E-state index contributed by atoms with van der Waals surface area (Å²) in [6.07, 6.45) is 4.91. The second-order valence-electron chi connectivity index (χ2n) is 3.37. The molecular formula is C13H12N2O. The summed E-state index contributed by atoms with van der Waals surface area (Å²) in [5, 5.41) is 3.81. The zero-order valence-electron chi connectivity index (χ0n) is 8.97. The number of hydrogen-bond donors (Lipinski definition) is 1. The van der Waals surface area contributed by atoms with Crippen LogP contribution in [0.25, 0.3) is 10.9 Å². The predicted octanol–water partition coefficient (Wildman–Crippen LogP) is 2.75. The van der Waals surface area contributed by atoms with E-state index in [1.807, 2.05) is 30.3 Å². The minimum absolute atomic E-state index is 0.138. The molecule has 0 saturated carbocycles. The van der Waals surface area contributed by atoms with Crippen LogP contribution in [0.15, 0.2) is 48.7 Å². The van der Waals surface area contributed by atoms with Crippen LogP contribution in [0.1, 0.15) is 6.92 Å². The normalized spacial score (nSPS) is 10.8. The van der Waals surface area contributed by atoms with E-state index in [9.17, 15) is 4.79 Å². The predicted molar refractivity (Wildman–Crippen MR) is 65.2 cm³/mol. The van der Waals surface area contributed by atoms with Crippen LogP contribution in [0.5, 0.6) is 0 Å². The van der Waals surface area contributed by atoms with Gasteiger partial charge in [0.05, 0.1) is 11.2 Å². The molecule has 1 aromatic heterocycles. The first-order valence-corrected chi connectivity index (χ1v) is 5.08. The molecule has 0 spiro atoms. The largest absolute Gasteiger partial charge is 0.321 e. The summed E-state index contributed by atoms with van der Waals surface area (Å²) < 4.78 is 0. The van der Waals surface area contributed by atoms with Gasteiger partial charge in [0.1, 0.15) is 0 Å². The van der Waals surface area contributed by atoms with Crippen molar-refractivity contribution in [3.63, 3.8) is 0 Å². The van der Waals surface area contributed by atoms with E-state index in [1.165, 1.54) is 6.08 Å². The summed E-state index contributed by atoms with van der Waals surface area (Å²) in [5.41, 5.74) is 1.55. The lowest BCUT2D eigenvalue weighted by Gasteiger charge is -2.05. The van der Waals surface area contributed by atoms with Crippen molar-refractivity contribution in [1.29, 1.82) is 0 Å². The van der Waals surface area contributed by atoms with Crippen molar-refractivity contribution in [3.8, 4) is 0 Å². The number of carbonyl (C=O) groups excluding carboxylic acids is 1. The SMILES string of the molecule is C/C=C\C(=O)Nc1cccc2cccnc12. The highest BCUT2D eigenvalue weighted by Gasteiger charge is 2.03. The van der Waals surface area contributed by atoms with E-state index < -0.39 is 0 Å². The average molecular weight is 212 g/mol. The first-order chi connectivity index (χ1) is 7.81. The van der Waals surface area contributed by atoms with Crippen LogP contribution < -0.4 is 5.32 Å². The monoisotopic (exact) mass is 212 g/mol. The van der Waals surface area contributed by atoms with E-state index in [4.69, 9.17) is 0 Å². The van der Waals surface area contributed by atoms with Gasteiger partial charge in [0.25, 0.3) is 0 Å². The van der Waals surface area contributed by atoms with Crippen LogP contribution in [-0.4, -0.2) is 10.9 Å². The Morgan fingerprint density at radius 2 is 2.12 bits per heavy atom. The first kappa shape index (κ1) is 10.4. The van der Waals surface area contributed by atoms with Crippen molar-refractivity contribution in [2.24, 2.45) is 0 Å². The molecule has 0 radical (unpaired) electrons. The molecule has 0 fully saturated rings. The number of amides is 1. The van der Waals surface area contributed by atoms with Crippen LogP contribution in [0, 0.1) is 0 Å². The highest BCUT2D eigenvalue weighted by molar-refractivity contribution is 6.04. The lowest BCUT2D eigenvalue weighted by atomic mass is 10.2. The number of fused-ring (bicyclic) bond motifs is 1. The Labute approximate surface area is 93.8 Å². The molecule has 0 aliphatic carbocycles. The number of nitrogens with one attached hydrogen (secondary N) is 1. The molecular weight excluding hydrogens is 200 g/mol. The molecule has 3 heteroatoms. The van der Waals surface area contributed by atoms with E-state index in [-0.39, 0.29) is 5.91 Å². The maximum atomic E-state index is 11.4. The molecule has 1 amide bonds. The molecule has 0 saturated heterocycles. The molecule has 1 aromatic carbocycles. The van der Waals surface area contributed by atoms with Gasteiger partial charge in [-0.05, 0) is 25.1 Å². The molecule has 0 bridgehead atoms. The Hall–Kier alpha value is -2.16. The van der Waals surface area contributed by atoms with Gasteiger partial charge in [-0.25, -0.2) is 0 Å². The Morgan fingerprint density at radius 3 is 2.94 bits per heavy atom. The van der Waals surface area contributed by atoms with E-state index in [1.54, 1.807) is 19.2 Å². The number of pyridine rings is 1. The molecule has 1 heterocycles. The van der Waals surface area contributed by atoms with E-state index in [0.717, 1.165) is 16.6 Å². The van der Waals surface area contributed by atoms with Gasteiger partial charge in [0, 0.05) is 11.6 Å². The number of benzene rings is 1. The molecule has 1 N–H and O–H groups in total. The number of anilines is 1. The van der Waals surface area contributed by atoms with Gasteiger partial charge in [0.15, 0.2) is 0 Å². The fraction of sp³-hybridized carbons (Fsp3) is 0.0769. The zero-order valence-corrected chi connectivity index (χ0v) is 8.97. The third-order valence-electron chi connectivity index (χ3n) is 2.21. The Balaban J connectivity index is 2.41. The number of rotatable bonds is 2. The van der Waals surface area contributed by atoms with Crippen molar-refractivity contribution < 1.29 is 4.79 Å². The summed E-state index contributed by atoms with van der Waals surface area (Å²) in [6, 6.07) is 9.55. The summed E-state index contributed by atoms with van der Waals surface area (Å²) in [7, 11) is 0. The van der Waals surface area contributed by atoms with Crippen LogP contribution in [-0.2, 0) is 4.79 Å². The van der Waals surface area contributed by atoms with Gasteiger partial charge in [0.2, 0.25) is 5.91 Å². The quantitative estimate of drug-likeness (QED) is 0.778. The van der Waals surface area contributed by atoms with Crippen LogP contribution in [0.3, 0.4) is 0 Å². The van der Waals surface area contributed by atoms with Crippen molar-refractivity contribution in [1.82, 2.24) is 4.98 Å². The number of para-hydroxylation sites is 1. The summed E-state index contributed by atoms with van der Waals surface area (Å²) in [6.45, 7) is 1.81. The molecule has 0 atom stereocenters. The number of aromatic nitrogens is 1. The highest BCUT2D eigenvalue weighted by atomic mass is 16.1. The van der Waals surface area contributed by atoms with Crippen LogP contribution in [0.2, 0.25) is 0 Å². The summed E-state index contributed by atoms with van der Waals surface area (Å²) in [4.78, 5) is 15.7. The number of hydrogen-bond acceptors (Lipinski definition) is 2. The maximum absolute atomic E-state index is 11.4. The lowest BCUT2D eigenvalue weighted by molar-refractivity contribution is -0.111. The van der Waals surface area contributed by atoms with Crippen LogP contribution >= 0.6 is 0 Å². The first-order valence-electron chi connectivity index (χ1n) is 5.08. The molecule has 2 rings (SSSR count). The summed E-state index contributed by atoms with van der Waals surface area (Å²) >= 11 is 0.